The van der Waals surface area contributed by atoms with Crippen molar-refractivity contribution in [3.8, 4) is 0 Å². The third kappa shape index (κ3) is 2.97. The Morgan fingerprint density at radius 1 is 1.31 bits per heavy atom. The van der Waals surface area contributed by atoms with Gasteiger partial charge in [0.25, 0.3) is 0 Å². The third-order valence-corrected chi connectivity index (χ3v) is 3.78. The molecule has 0 radical (unpaired) electrons. The highest BCUT2D eigenvalue weighted by Crippen LogP contribution is 2.44. The van der Waals surface area contributed by atoms with Crippen molar-refractivity contribution >= 4 is 5.97 Å². The van der Waals surface area contributed by atoms with E-state index < -0.39 is 5.97 Å². The van der Waals surface area contributed by atoms with Crippen molar-refractivity contribution in [2.45, 2.75) is 38.5 Å². The molecule has 0 heterocycles. The molecular weight excluding hydrogens is 200 g/mol. The molecule has 0 spiro atoms. The lowest BCUT2D eigenvalue weighted by molar-refractivity contribution is -0.137. The number of unbranched alkanes of at least 4 members (excludes halogenated alkanes) is 1. The molecule has 0 aromatic carbocycles. The average Bonchev–Trinajstić information content (AvgIpc) is 2.84. The molecule has 2 aliphatic carbocycles. The first-order valence-corrected chi connectivity index (χ1v) is 6.31. The molecule has 2 aliphatic rings. The molecule has 0 aromatic heterocycles. The minimum absolute atomic E-state index is 0.293. The van der Waals surface area contributed by atoms with Gasteiger partial charge in [-0.1, -0.05) is 24.3 Å². The van der Waals surface area contributed by atoms with Crippen molar-refractivity contribution in [2.75, 3.05) is 0 Å². The molecule has 0 amide bonds. The van der Waals surface area contributed by atoms with Crippen LogP contribution in [-0.4, -0.2) is 11.1 Å². The molecule has 3 unspecified atom stereocenters. The minimum atomic E-state index is -0.688. The van der Waals surface area contributed by atoms with Crippen molar-refractivity contribution in [2.24, 2.45) is 17.8 Å². The van der Waals surface area contributed by atoms with Gasteiger partial charge >= 0.3 is 5.97 Å². The Morgan fingerprint density at radius 3 is 2.81 bits per heavy atom. The Morgan fingerprint density at radius 2 is 2.19 bits per heavy atom. The van der Waals surface area contributed by atoms with Crippen LogP contribution in [0.5, 0.6) is 0 Å². The monoisotopic (exact) mass is 220 g/mol. The van der Waals surface area contributed by atoms with Gasteiger partial charge in [0.1, 0.15) is 0 Å². The van der Waals surface area contributed by atoms with E-state index in [4.69, 9.17) is 5.11 Å². The van der Waals surface area contributed by atoms with Crippen LogP contribution >= 0.6 is 0 Å². The van der Waals surface area contributed by atoms with Crippen molar-refractivity contribution in [3.05, 3.63) is 24.3 Å². The van der Waals surface area contributed by atoms with Gasteiger partial charge in [-0.25, -0.2) is 0 Å². The van der Waals surface area contributed by atoms with Gasteiger partial charge in [-0.05, 0) is 49.9 Å². The summed E-state index contributed by atoms with van der Waals surface area (Å²) in [4.78, 5) is 10.3. The molecule has 1 N–H and O–H groups in total. The lowest BCUT2D eigenvalue weighted by Gasteiger charge is -2.15. The first-order valence-electron chi connectivity index (χ1n) is 6.31. The highest BCUT2D eigenvalue weighted by Gasteiger charge is 2.34. The topological polar surface area (TPSA) is 37.3 Å². The SMILES string of the molecule is O=C(O)CCC/C=C\CC1CC2C=CC1C2. The summed E-state index contributed by atoms with van der Waals surface area (Å²) in [6, 6.07) is 0. The highest BCUT2D eigenvalue weighted by molar-refractivity contribution is 5.66. The van der Waals surface area contributed by atoms with Crippen molar-refractivity contribution in [1.29, 1.82) is 0 Å². The first-order chi connectivity index (χ1) is 7.75. The van der Waals surface area contributed by atoms with Gasteiger partial charge in [-0.3, -0.25) is 4.79 Å². The zero-order valence-electron chi connectivity index (χ0n) is 9.64. The Kier molecular flexibility index (Phi) is 3.81. The number of hydrogen-bond acceptors (Lipinski definition) is 1. The predicted octanol–water partition coefficient (Wildman–Crippen LogP) is 3.40. The smallest absolute Gasteiger partial charge is 0.303 e. The van der Waals surface area contributed by atoms with Crippen LogP contribution in [-0.2, 0) is 4.79 Å². The van der Waals surface area contributed by atoms with Gasteiger partial charge in [0.15, 0.2) is 0 Å². The number of fused-ring (bicyclic) bond motifs is 2. The highest BCUT2D eigenvalue weighted by atomic mass is 16.4. The van der Waals surface area contributed by atoms with Crippen LogP contribution in [0.3, 0.4) is 0 Å². The second-order valence-corrected chi connectivity index (χ2v) is 5.03. The van der Waals surface area contributed by atoms with E-state index in [1.54, 1.807) is 0 Å². The Balaban J connectivity index is 1.59. The number of carbonyl (C=O) groups is 1. The molecule has 0 aromatic rings. The number of carboxylic acids is 1. The number of rotatable bonds is 6. The number of hydrogen-bond donors (Lipinski definition) is 1. The second kappa shape index (κ2) is 5.33. The second-order valence-electron chi connectivity index (χ2n) is 5.03. The van der Waals surface area contributed by atoms with E-state index in [0.717, 1.165) is 30.6 Å². The van der Waals surface area contributed by atoms with Crippen LogP contribution in [0.2, 0.25) is 0 Å². The fourth-order valence-electron chi connectivity index (χ4n) is 2.93. The number of allylic oxidation sites excluding steroid dienone is 4. The maximum Gasteiger partial charge on any atom is 0.303 e. The van der Waals surface area contributed by atoms with Crippen molar-refractivity contribution in [3.63, 3.8) is 0 Å². The molecule has 0 saturated heterocycles. The maximum atomic E-state index is 10.3. The zero-order chi connectivity index (χ0) is 11.4. The van der Waals surface area contributed by atoms with Gasteiger partial charge in [0, 0.05) is 6.42 Å². The molecule has 16 heavy (non-hydrogen) atoms. The van der Waals surface area contributed by atoms with Crippen LogP contribution in [0.4, 0.5) is 0 Å². The summed E-state index contributed by atoms with van der Waals surface area (Å²) in [7, 11) is 0. The summed E-state index contributed by atoms with van der Waals surface area (Å²) < 4.78 is 0. The van der Waals surface area contributed by atoms with E-state index in [2.05, 4.69) is 24.3 Å². The predicted molar refractivity (Wildman–Crippen MR) is 64.1 cm³/mol. The fraction of sp³-hybridized carbons (Fsp3) is 0.643. The van der Waals surface area contributed by atoms with Crippen LogP contribution in [0, 0.1) is 17.8 Å². The van der Waals surface area contributed by atoms with E-state index in [1.165, 1.54) is 19.3 Å². The van der Waals surface area contributed by atoms with Crippen LogP contribution in [0.25, 0.3) is 0 Å². The lowest BCUT2D eigenvalue weighted by atomic mass is 9.90. The van der Waals surface area contributed by atoms with Gasteiger partial charge in [-0.15, -0.1) is 0 Å². The molecule has 0 aliphatic heterocycles. The van der Waals surface area contributed by atoms with E-state index in [1.807, 2.05) is 0 Å². The number of carboxylic acid groups (broad SMARTS) is 1. The first kappa shape index (κ1) is 11.4. The molecule has 88 valence electrons. The van der Waals surface area contributed by atoms with E-state index in [0.29, 0.717) is 6.42 Å². The molecule has 2 bridgehead atoms. The molecule has 2 nitrogen and oxygen atoms in total. The zero-order valence-corrected chi connectivity index (χ0v) is 9.64. The number of aliphatic carboxylic acids is 1. The molecular formula is C14H20O2. The summed E-state index contributed by atoms with van der Waals surface area (Å²) in [6.45, 7) is 0. The fourth-order valence-corrected chi connectivity index (χ4v) is 2.93. The summed E-state index contributed by atoms with van der Waals surface area (Å²) in [6.07, 6.45) is 15.0. The Hall–Kier alpha value is -1.05. The van der Waals surface area contributed by atoms with Crippen LogP contribution in [0.15, 0.2) is 24.3 Å². The third-order valence-electron chi connectivity index (χ3n) is 3.78. The Labute approximate surface area is 97.0 Å². The molecule has 1 saturated carbocycles. The lowest BCUT2D eigenvalue weighted by Crippen LogP contribution is -2.05. The largest absolute Gasteiger partial charge is 0.481 e. The molecule has 3 atom stereocenters. The van der Waals surface area contributed by atoms with E-state index in [9.17, 15) is 4.79 Å². The van der Waals surface area contributed by atoms with Crippen LogP contribution in [0.1, 0.15) is 38.5 Å². The molecule has 1 fully saturated rings. The summed E-state index contributed by atoms with van der Waals surface area (Å²) >= 11 is 0. The van der Waals surface area contributed by atoms with E-state index in [-0.39, 0.29) is 0 Å². The standard InChI is InChI=1S/C14H20O2/c15-14(16)6-4-2-1-3-5-12-9-11-7-8-13(12)10-11/h1,3,7-8,11-13H,2,4-6,9-10H2,(H,15,16)/b3-1-. The van der Waals surface area contributed by atoms with E-state index >= 15 is 0 Å². The molecule has 2 heteroatoms. The van der Waals surface area contributed by atoms with Crippen molar-refractivity contribution in [1.82, 2.24) is 0 Å². The Bertz CT molecular complexity index is 304. The summed E-state index contributed by atoms with van der Waals surface area (Å²) in [5.41, 5.74) is 0. The van der Waals surface area contributed by atoms with Gasteiger partial charge in [0.05, 0.1) is 0 Å². The van der Waals surface area contributed by atoms with Gasteiger partial charge in [0.2, 0.25) is 0 Å². The quantitative estimate of drug-likeness (QED) is 0.550. The van der Waals surface area contributed by atoms with Crippen LogP contribution < -0.4 is 0 Å². The minimum Gasteiger partial charge on any atom is -0.481 e. The maximum absolute atomic E-state index is 10.3. The van der Waals surface area contributed by atoms with Crippen molar-refractivity contribution < 1.29 is 9.90 Å². The summed E-state index contributed by atoms with van der Waals surface area (Å²) in [5.74, 6) is 1.85. The average molecular weight is 220 g/mol. The molecule has 2 rings (SSSR count). The van der Waals surface area contributed by atoms with Gasteiger partial charge in [-0.2, -0.15) is 0 Å². The summed E-state index contributed by atoms with van der Waals surface area (Å²) in [5, 5.41) is 8.48. The van der Waals surface area contributed by atoms with Gasteiger partial charge < -0.3 is 5.11 Å². The normalized spacial score (nSPS) is 31.6.